The van der Waals surface area contributed by atoms with E-state index in [4.69, 9.17) is 18.9 Å². The van der Waals surface area contributed by atoms with E-state index in [1.54, 1.807) is 6.07 Å². The Morgan fingerprint density at radius 1 is 0.889 bits per heavy atom. The Morgan fingerprint density at radius 3 is 2.04 bits per heavy atom. The van der Waals surface area contributed by atoms with Crippen LogP contribution in [0.4, 0.5) is 5.69 Å². The fourth-order valence-corrected chi connectivity index (χ4v) is 2.43. The summed E-state index contributed by atoms with van der Waals surface area (Å²) in [6, 6.07) is 8.48. The van der Waals surface area contributed by atoms with E-state index in [2.05, 4.69) is 5.32 Å². The second-order valence-corrected chi connectivity index (χ2v) is 5.84. The van der Waals surface area contributed by atoms with Crippen LogP contribution in [0, 0.1) is 13.8 Å². The fraction of sp³-hybridized carbons (Fsp3) is 0.300. The minimum Gasteiger partial charge on any atom is -0.493 e. The van der Waals surface area contributed by atoms with E-state index in [0.29, 0.717) is 22.9 Å². The summed E-state index contributed by atoms with van der Waals surface area (Å²) in [6.07, 6.45) is 0. The zero-order chi connectivity index (χ0) is 20.0. The first kappa shape index (κ1) is 20.1. The molecule has 2 rings (SSSR count). The van der Waals surface area contributed by atoms with Gasteiger partial charge in [-0.2, -0.15) is 0 Å². The highest BCUT2D eigenvalue weighted by atomic mass is 16.5. The number of rotatable bonds is 7. The summed E-state index contributed by atoms with van der Waals surface area (Å²) < 4.78 is 20.7. The third-order valence-electron chi connectivity index (χ3n) is 4.03. The quantitative estimate of drug-likeness (QED) is 0.751. The topological polar surface area (TPSA) is 83.1 Å². The van der Waals surface area contributed by atoms with Crippen molar-refractivity contribution in [1.29, 1.82) is 0 Å². The first-order valence-corrected chi connectivity index (χ1v) is 8.23. The van der Waals surface area contributed by atoms with Gasteiger partial charge >= 0.3 is 5.97 Å². The van der Waals surface area contributed by atoms with E-state index in [9.17, 15) is 9.59 Å². The predicted molar refractivity (Wildman–Crippen MR) is 101 cm³/mol. The van der Waals surface area contributed by atoms with Gasteiger partial charge in [0.25, 0.3) is 5.91 Å². The number of aryl methyl sites for hydroxylation is 2. The lowest BCUT2D eigenvalue weighted by Crippen LogP contribution is -2.21. The van der Waals surface area contributed by atoms with Gasteiger partial charge in [0.15, 0.2) is 18.1 Å². The van der Waals surface area contributed by atoms with Crippen molar-refractivity contribution in [2.75, 3.05) is 33.3 Å². The molecule has 0 radical (unpaired) electrons. The lowest BCUT2D eigenvalue weighted by molar-refractivity contribution is -0.119. The van der Waals surface area contributed by atoms with Gasteiger partial charge in [0.1, 0.15) is 0 Å². The minimum absolute atomic E-state index is 0.184. The zero-order valence-corrected chi connectivity index (χ0v) is 16.0. The number of methoxy groups -OCH3 is 3. The smallest absolute Gasteiger partial charge is 0.338 e. The molecule has 0 spiro atoms. The van der Waals surface area contributed by atoms with Gasteiger partial charge in [-0.05, 0) is 49.2 Å². The molecule has 0 unspecified atom stereocenters. The molecule has 0 saturated heterocycles. The number of anilines is 1. The van der Waals surface area contributed by atoms with Crippen LogP contribution in [0.25, 0.3) is 0 Å². The molecule has 0 aliphatic heterocycles. The molecule has 0 atom stereocenters. The Labute approximate surface area is 158 Å². The molecule has 0 bridgehead atoms. The zero-order valence-electron chi connectivity index (χ0n) is 16.0. The average molecular weight is 373 g/mol. The second-order valence-electron chi connectivity index (χ2n) is 5.84. The van der Waals surface area contributed by atoms with Gasteiger partial charge in [0, 0.05) is 5.69 Å². The van der Waals surface area contributed by atoms with Gasteiger partial charge in [-0.3, -0.25) is 4.79 Å². The molecule has 7 nitrogen and oxygen atoms in total. The van der Waals surface area contributed by atoms with Crippen molar-refractivity contribution in [3.63, 3.8) is 0 Å². The Balaban J connectivity index is 2.04. The lowest BCUT2D eigenvalue weighted by atomic mass is 10.1. The number of ether oxygens (including phenoxy) is 4. The van der Waals surface area contributed by atoms with Crippen LogP contribution in [-0.2, 0) is 9.53 Å². The molecule has 0 aliphatic carbocycles. The van der Waals surface area contributed by atoms with Crippen LogP contribution in [-0.4, -0.2) is 39.8 Å². The Bertz CT molecular complexity index is 821. The van der Waals surface area contributed by atoms with Crippen molar-refractivity contribution in [3.05, 3.63) is 47.0 Å². The summed E-state index contributed by atoms with van der Waals surface area (Å²) in [6.45, 7) is 3.53. The predicted octanol–water partition coefficient (Wildman–Crippen LogP) is 3.12. The van der Waals surface area contributed by atoms with Crippen molar-refractivity contribution in [2.24, 2.45) is 0 Å². The molecule has 0 aliphatic rings. The summed E-state index contributed by atoms with van der Waals surface area (Å²) in [5.41, 5.74) is 3.01. The highest BCUT2D eigenvalue weighted by molar-refractivity contribution is 5.96. The SMILES string of the molecule is COc1cc(C(=O)OCC(=O)Nc2ccc(C)c(C)c2)cc(OC)c1OC. The fourth-order valence-electron chi connectivity index (χ4n) is 2.43. The van der Waals surface area contributed by atoms with E-state index >= 15 is 0 Å². The van der Waals surface area contributed by atoms with Crippen molar-refractivity contribution in [1.82, 2.24) is 0 Å². The number of amides is 1. The number of carbonyl (C=O) groups is 2. The van der Waals surface area contributed by atoms with E-state index in [0.717, 1.165) is 11.1 Å². The van der Waals surface area contributed by atoms with E-state index < -0.39 is 18.5 Å². The van der Waals surface area contributed by atoms with Gasteiger partial charge in [-0.1, -0.05) is 6.07 Å². The molecule has 0 heterocycles. The average Bonchev–Trinajstić information content (AvgIpc) is 2.67. The van der Waals surface area contributed by atoms with Crippen LogP contribution in [0.3, 0.4) is 0 Å². The van der Waals surface area contributed by atoms with Crippen LogP contribution in [0.2, 0.25) is 0 Å². The van der Waals surface area contributed by atoms with Crippen molar-refractivity contribution >= 4 is 17.6 Å². The molecule has 7 heteroatoms. The maximum absolute atomic E-state index is 12.3. The third-order valence-corrected chi connectivity index (χ3v) is 4.03. The molecule has 0 fully saturated rings. The molecular formula is C20H23NO6. The number of carbonyl (C=O) groups excluding carboxylic acids is 2. The molecule has 0 aromatic heterocycles. The summed E-state index contributed by atoms with van der Waals surface area (Å²) in [4.78, 5) is 24.3. The summed E-state index contributed by atoms with van der Waals surface area (Å²) >= 11 is 0. The summed E-state index contributed by atoms with van der Waals surface area (Å²) in [7, 11) is 4.36. The number of esters is 1. The Kier molecular flexibility index (Phi) is 6.65. The standard InChI is InChI=1S/C20H23NO6/c1-12-6-7-15(8-13(12)2)21-18(22)11-27-20(23)14-9-16(24-3)19(26-5)17(10-14)25-4/h6-10H,11H2,1-5H3,(H,21,22). The van der Waals surface area contributed by atoms with E-state index in [-0.39, 0.29) is 5.56 Å². The monoisotopic (exact) mass is 373 g/mol. The lowest BCUT2D eigenvalue weighted by Gasteiger charge is -2.14. The van der Waals surface area contributed by atoms with Gasteiger partial charge in [-0.15, -0.1) is 0 Å². The second kappa shape index (κ2) is 8.93. The first-order chi connectivity index (χ1) is 12.9. The minimum atomic E-state index is -0.676. The molecular weight excluding hydrogens is 350 g/mol. The third kappa shape index (κ3) is 4.91. The maximum Gasteiger partial charge on any atom is 0.338 e. The molecule has 1 N–H and O–H groups in total. The van der Waals surface area contributed by atoms with Gasteiger partial charge in [-0.25, -0.2) is 4.79 Å². The van der Waals surface area contributed by atoms with Crippen LogP contribution in [0.5, 0.6) is 17.2 Å². The molecule has 1 amide bonds. The number of nitrogens with one attached hydrogen (secondary N) is 1. The van der Waals surface area contributed by atoms with Gasteiger partial charge in [0.2, 0.25) is 5.75 Å². The molecule has 0 saturated carbocycles. The normalized spacial score (nSPS) is 10.1. The van der Waals surface area contributed by atoms with Crippen LogP contribution >= 0.6 is 0 Å². The van der Waals surface area contributed by atoms with Crippen molar-refractivity contribution in [2.45, 2.75) is 13.8 Å². The van der Waals surface area contributed by atoms with Gasteiger partial charge < -0.3 is 24.3 Å². The summed E-state index contributed by atoms with van der Waals surface area (Å²) in [5.74, 6) is -0.0978. The largest absolute Gasteiger partial charge is 0.493 e. The van der Waals surface area contributed by atoms with Crippen LogP contribution in [0.15, 0.2) is 30.3 Å². The number of hydrogen-bond acceptors (Lipinski definition) is 6. The number of benzene rings is 2. The first-order valence-electron chi connectivity index (χ1n) is 8.23. The van der Waals surface area contributed by atoms with Crippen LogP contribution in [0.1, 0.15) is 21.5 Å². The maximum atomic E-state index is 12.3. The van der Waals surface area contributed by atoms with Crippen molar-refractivity contribution in [3.8, 4) is 17.2 Å². The molecule has 27 heavy (non-hydrogen) atoms. The van der Waals surface area contributed by atoms with Crippen molar-refractivity contribution < 1.29 is 28.5 Å². The Hall–Kier alpha value is -3.22. The Morgan fingerprint density at radius 2 is 1.52 bits per heavy atom. The highest BCUT2D eigenvalue weighted by Gasteiger charge is 2.18. The molecule has 144 valence electrons. The van der Waals surface area contributed by atoms with Gasteiger partial charge in [0.05, 0.1) is 26.9 Å². The summed E-state index contributed by atoms with van der Waals surface area (Å²) in [5, 5.41) is 2.69. The van der Waals surface area contributed by atoms with E-state index in [1.165, 1.54) is 33.5 Å². The van der Waals surface area contributed by atoms with Crippen LogP contribution < -0.4 is 19.5 Å². The van der Waals surface area contributed by atoms with E-state index in [1.807, 2.05) is 26.0 Å². The number of hydrogen-bond donors (Lipinski definition) is 1. The molecule has 2 aromatic rings. The highest BCUT2D eigenvalue weighted by Crippen LogP contribution is 2.38. The molecule has 2 aromatic carbocycles.